The van der Waals surface area contributed by atoms with E-state index < -0.39 is 5.82 Å². The first-order valence-corrected chi connectivity index (χ1v) is 15.0. The maximum Gasteiger partial charge on any atom is 0.256 e. The monoisotopic (exact) mass is 592 g/mol. The number of nitrogens with one attached hydrogen (secondary N) is 1. The van der Waals surface area contributed by atoms with Gasteiger partial charge < -0.3 is 20.0 Å². The highest BCUT2D eigenvalue weighted by Gasteiger charge is 2.43. The van der Waals surface area contributed by atoms with E-state index in [2.05, 4.69) is 25.3 Å². The summed E-state index contributed by atoms with van der Waals surface area (Å²) in [4.78, 5) is 49.8. The smallest absolute Gasteiger partial charge is 0.256 e. The minimum atomic E-state index is -0.533. The summed E-state index contributed by atoms with van der Waals surface area (Å²) >= 11 is 3.11. The second kappa shape index (κ2) is 10.8. The highest BCUT2D eigenvalue weighted by Crippen LogP contribution is 2.35. The fourth-order valence-electron chi connectivity index (χ4n) is 5.50. The molecule has 0 saturated carbocycles. The molecule has 10 nitrogen and oxygen atoms in total. The molecule has 2 bridgehead atoms. The summed E-state index contributed by atoms with van der Waals surface area (Å²) in [6.45, 7) is 4.92. The van der Waals surface area contributed by atoms with Crippen LogP contribution in [0.2, 0.25) is 0 Å². The highest BCUT2D eigenvalue weighted by molar-refractivity contribution is 7.16. The van der Waals surface area contributed by atoms with Crippen LogP contribution in [0.15, 0.2) is 36.0 Å². The van der Waals surface area contributed by atoms with E-state index in [0.717, 1.165) is 34.1 Å². The molecule has 13 heteroatoms. The number of hydrogen-bond acceptors (Lipinski definition) is 10. The Morgan fingerprint density at radius 2 is 1.78 bits per heavy atom. The highest BCUT2D eigenvalue weighted by atomic mass is 32.1. The van der Waals surface area contributed by atoms with Gasteiger partial charge in [-0.25, -0.2) is 24.3 Å². The normalized spacial score (nSPS) is 18.1. The zero-order chi connectivity index (χ0) is 28.8. The number of pyridine rings is 2. The van der Waals surface area contributed by atoms with Crippen LogP contribution in [0.3, 0.4) is 0 Å². The molecule has 2 aliphatic rings. The molecule has 212 valence electrons. The van der Waals surface area contributed by atoms with Crippen molar-refractivity contribution in [3.05, 3.63) is 63.6 Å². The van der Waals surface area contributed by atoms with Gasteiger partial charge in [-0.3, -0.25) is 9.59 Å². The van der Waals surface area contributed by atoms with Crippen molar-refractivity contribution in [3.8, 4) is 10.6 Å². The van der Waals surface area contributed by atoms with Crippen molar-refractivity contribution in [3.63, 3.8) is 0 Å². The van der Waals surface area contributed by atoms with E-state index in [-0.39, 0.29) is 35.3 Å². The minimum absolute atomic E-state index is 0.0593. The van der Waals surface area contributed by atoms with E-state index in [4.69, 9.17) is 0 Å². The Morgan fingerprint density at radius 1 is 1.05 bits per heavy atom. The molecule has 2 saturated heterocycles. The average Bonchev–Trinajstić information content (AvgIpc) is 3.62. The SMILES string of the molecule is Cc1nc(C)c(-c2csc(Nc3ccc(C(=O)N4[C@@H]5CC[C@H]4CN(c4ncc(C(=O)N(C)C)cc4F)C5)cn3)n2)s1. The molecular formula is C28H29FN8O2S2. The molecule has 0 unspecified atom stereocenters. The van der Waals surface area contributed by atoms with Crippen molar-refractivity contribution < 1.29 is 14.0 Å². The first kappa shape index (κ1) is 27.2. The Labute approximate surface area is 244 Å². The third-order valence-electron chi connectivity index (χ3n) is 7.38. The minimum Gasteiger partial charge on any atom is -0.350 e. The van der Waals surface area contributed by atoms with Crippen molar-refractivity contribution >= 4 is 51.3 Å². The third kappa shape index (κ3) is 5.26. The fourth-order valence-corrected chi connectivity index (χ4v) is 7.17. The first-order chi connectivity index (χ1) is 19.7. The zero-order valence-electron chi connectivity index (χ0n) is 23.1. The molecule has 0 aliphatic carbocycles. The lowest BCUT2D eigenvalue weighted by molar-refractivity contribution is 0.0640. The third-order valence-corrected chi connectivity index (χ3v) is 9.23. The Bertz CT molecular complexity index is 1610. The van der Waals surface area contributed by atoms with Gasteiger partial charge >= 0.3 is 0 Å². The lowest BCUT2D eigenvalue weighted by Crippen LogP contribution is -2.56. The van der Waals surface area contributed by atoms with Crippen LogP contribution in [0.5, 0.6) is 0 Å². The van der Waals surface area contributed by atoms with Crippen molar-refractivity contribution in [2.45, 2.75) is 38.8 Å². The number of fused-ring (bicyclic) bond motifs is 2. The van der Waals surface area contributed by atoms with Crippen molar-refractivity contribution in [2.24, 2.45) is 0 Å². The quantitative estimate of drug-likeness (QED) is 0.342. The summed E-state index contributed by atoms with van der Waals surface area (Å²) in [6, 6.07) is 4.67. The van der Waals surface area contributed by atoms with E-state index in [1.807, 2.05) is 29.0 Å². The number of halogens is 1. The second-order valence-corrected chi connectivity index (χ2v) is 12.5. The fraction of sp³-hybridized carbons (Fsp3) is 0.357. The second-order valence-electron chi connectivity index (χ2n) is 10.5. The molecular weight excluding hydrogens is 563 g/mol. The standard InChI is InChI=1S/C28H29FN8O2S2/c1-15-24(41-16(2)32-15)22-14-40-28(33-22)34-23-8-5-17(10-30-23)27(39)37-19-6-7-20(37)13-36(12-19)25-21(29)9-18(11-31-25)26(38)35(3)4/h5,8-11,14,19-20H,6-7,12-13H2,1-4H3,(H,30,33,34)/t19-,20+. The Balaban J connectivity index is 1.11. The van der Waals surface area contributed by atoms with E-state index >= 15 is 0 Å². The van der Waals surface area contributed by atoms with Crippen LogP contribution < -0.4 is 10.2 Å². The summed E-state index contributed by atoms with van der Waals surface area (Å²) < 4.78 is 15.0. The Kier molecular flexibility index (Phi) is 7.16. The molecule has 0 radical (unpaired) electrons. The number of carbonyl (C=O) groups is 2. The maximum absolute atomic E-state index is 15.0. The van der Waals surface area contributed by atoms with Gasteiger partial charge in [0.1, 0.15) is 5.82 Å². The van der Waals surface area contributed by atoms with E-state index in [1.54, 1.807) is 43.8 Å². The molecule has 4 aromatic heterocycles. The average molecular weight is 593 g/mol. The van der Waals surface area contributed by atoms with Gasteiger partial charge in [0.05, 0.1) is 44.5 Å². The zero-order valence-corrected chi connectivity index (χ0v) is 24.7. The van der Waals surface area contributed by atoms with Crippen LogP contribution in [0, 0.1) is 19.7 Å². The lowest BCUT2D eigenvalue weighted by Gasteiger charge is -2.41. The van der Waals surface area contributed by atoms with Crippen LogP contribution >= 0.6 is 22.7 Å². The van der Waals surface area contributed by atoms with Gasteiger partial charge in [-0.1, -0.05) is 0 Å². The summed E-state index contributed by atoms with van der Waals surface area (Å²) in [5.41, 5.74) is 2.57. The number of hydrogen-bond donors (Lipinski definition) is 1. The molecule has 6 rings (SSSR count). The van der Waals surface area contributed by atoms with Crippen LogP contribution in [0.4, 0.5) is 21.2 Å². The topological polar surface area (TPSA) is 107 Å². The van der Waals surface area contributed by atoms with Crippen molar-refractivity contribution in [2.75, 3.05) is 37.4 Å². The van der Waals surface area contributed by atoms with E-state index in [9.17, 15) is 14.0 Å². The van der Waals surface area contributed by atoms with Gasteiger partial charge in [0.2, 0.25) is 0 Å². The van der Waals surface area contributed by atoms with Gasteiger partial charge in [-0.2, -0.15) is 0 Å². The molecule has 1 N–H and O–H groups in total. The number of nitrogens with zero attached hydrogens (tertiary/aromatic N) is 7. The summed E-state index contributed by atoms with van der Waals surface area (Å²) in [6.07, 6.45) is 4.67. The summed E-state index contributed by atoms with van der Waals surface area (Å²) in [5, 5.41) is 6.94. The number of amides is 2. The predicted molar refractivity (Wildman–Crippen MR) is 158 cm³/mol. The maximum atomic E-state index is 15.0. The molecule has 6 heterocycles. The van der Waals surface area contributed by atoms with Crippen molar-refractivity contribution in [1.29, 1.82) is 0 Å². The predicted octanol–water partition coefficient (Wildman–Crippen LogP) is 4.75. The molecule has 41 heavy (non-hydrogen) atoms. The number of carbonyl (C=O) groups excluding carboxylic acids is 2. The number of rotatable bonds is 6. The number of anilines is 3. The number of aryl methyl sites for hydroxylation is 2. The molecule has 0 spiro atoms. The van der Waals surface area contributed by atoms with Crippen LogP contribution in [0.1, 0.15) is 44.3 Å². The molecule has 2 aliphatic heterocycles. The van der Waals surface area contributed by atoms with Crippen LogP contribution in [-0.4, -0.2) is 80.8 Å². The first-order valence-electron chi connectivity index (χ1n) is 13.3. The van der Waals surface area contributed by atoms with Gasteiger partial charge in [-0.05, 0) is 44.9 Å². The van der Waals surface area contributed by atoms with Crippen LogP contribution in [-0.2, 0) is 0 Å². The molecule has 2 fully saturated rings. The molecule has 2 amide bonds. The Morgan fingerprint density at radius 3 is 2.39 bits per heavy atom. The molecule has 2 atom stereocenters. The van der Waals surface area contributed by atoms with Gasteiger partial charge in [0.25, 0.3) is 11.8 Å². The number of aromatic nitrogens is 4. The number of piperazine rings is 1. The lowest BCUT2D eigenvalue weighted by atomic mass is 10.1. The van der Waals surface area contributed by atoms with Crippen LogP contribution in [0.25, 0.3) is 10.6 Å². The van der Waals surface area contributed by atoms with Gasteiger partial charge in [-0.15, -0.1) is 22.7 Å². The van der Waals surface area contributed by atoms with Gasteiger partial charge in [0.15, 0.2) is 16.8 Å². The van der Waals surface area contributed by atoms with Crippen molar-refractivity contribution in [1.82, 2.24) is 29.7 Å². The summed E-state index contributed by atoms with van der Waals surface area (Å²) in [5.74, 6) is -0.0960. The number of thiazole rings is 2. The van der Waals surface area contributed by atoms with E-state index in [0.29, 0.717) is 29.6 Å². The molecule has 0 aromatic carbocycles. The molecule has 4 aromatic rings. The summed E-state index contributed by atoms with van der Waals surface area (Å²) in [7, 11) is 3.23. The van der Waals surface area contributed by atoms with E-state index in [1.165, 1.54) is 28.5 Å². The largest absolute Gasteiger partial charge is 0.350 e. The Hall–Kier alpha value is -3.97. The van der Waals surface area contributed by atoms with Gasteiger partial charge in [0, 0.05) is 45.0 Å².